The van der Waals surface area contributed by atoms with Gasteiger partial charge in [0.1, 0.15) is 0 Å². The molecule has 0 aliphatic carbocycles. The number of ether oxygens (including phenoxy) is 1. The van der Waals surface area contributed by atoms with Crippen LogP contribution in [0.2, 0.25) is 0 Å². The van der Waals surface area contributed by atoms with Crippen LogP contribution in [0, 0.1) is 5.82 Å². The zero-order chi connectivity index (χ0) is 18.8. The number of carbonyl (C=O) groups is 1. The highest BCUT2D eigenvalue weighted by atomic mass is 19.1. The van der Waals surface area contributed by atoms with E-state index in [0.717, 1.165) is 11.0 Å². The van der Waals surface area contributed by atoms with Gasteiger partial charge in [0.05, 0.1) is 18.3 Å². The molecule has 7 heteroatoms. The van der Waals surface area contributed by atoms with Crippen LogP contribution in [0.5, 0.6) is 5.75 Å². The molecule has 1 N–H and O–H groups in total. The summed E-state index contributed by atoms with van der Waals surface area (Å²) in [5.41, 5.74) is 0.483. The number of carbonyl (C=O) groups excluding carboxylic acids is 1. The summed E-state index contributed by atoms with van der Waals surface area (Å²) in [6.45, 7) is 9.57. The fourth-order valence-corrected chi connectivity index (χ4v) is 2.40. The van der Waals surface area contributed by atoms with Crippen molar-refractivity contribution in [1.29, 1.82) is 0 Å². The monoisotopic (exact) mass is 349 g/mol. The summed E-state index contributed by atoms with van der Waals surface area (Å²) in [6, 6.07) is 4.57. The van der Waals surface area contributed by atoms with Crippen LogP contribution in [-0.2, 0) is 14.1 Å². The van der Waals surface area contributed by atoms with Gasteiger partial charge in [-0.25, -0.2) is 4.39 Å². The second-order valence-electron chi connectivity index (χ2n) is 7.11. The van der Waals surface area contributed by atoms with Crippen molar-refractivity contribution >= 4 is 19.1 Å². The Bertz CT molecular complexity index is 672. The number of hydrogen-bond donors (Lipinski definition) is 1. The normalized spacial score (nSPS) is 19.0. The predicted octanol–water partition coefficient (Wildman–Crippen LogP) is 2.99. The Kier molecular flexibility index (Phi) is 5.59. The summed E-state index contributed by atoms with van der Waals surface area (Å²) >= 11 is 0. The minimum atomic E-state index is -0.604. The Hall–Kier alpha value is -1.86. The fraction of sp³-hybridized carbons (Fsp3) is 0.500. The van der Waals surface area contributed by atoms with Crippen molar-refractivity contribution in [3.8, 4) is 5.75 Å². The first-order chi connectivity index (χ1) is 11.6. The van der Waals surface area contributed by atoms with Crippen molar-refractivity contribution in [3.05, 3.63) is 35.1 Å². The summed E-state index contributed by atoms with van der Waals surface area (Å²) in [6.07, 6.45) is 1.82. The lowest BCUT2D eigenvalue weighted by Gasteiger charge is -2.32. The van der Waals surface area contributed by atoms with E-state index in [1.165, 1.54) is 20.1 Å². The topological polar surface area (TPSA) is 56.8 Å². The third-order valence-electron chi connectivity index (χ3n) is 4.62. The SMILES string of the molecule is COc1cc(C=C(CNC(C)=O)B2OC(C)(C)C(C)(C)O2)ccc1F. The van der Waals surface area contributed by atoms with E-state index in [0.29, 0.717) is 0 Å². The summed E-state index contributed by atoms with van der Waals surface area (Å²) in [7, 11) is 0.811. The molecule has 1 heterocycles. The maximum absolute atomic E-state index is 13.6. The van der Waals surface area contributed by atoms with Crippen LogP contribution in [0.15, 0.2) is 23.7 Å². The van der Waals surface area contributed by atoms with E-state index in [1.54, 1.807) is 12.1 Å². The molecule has 1 aromatic rings. The van der Waals surface area contributed by atoms with Gasteiger partial charge in [0.2, 0.25) is 5.91 Å². The minimum absolute atomic E-state index is 0.154. The zero-order valence-electron chi connectivity index (χ0n) is 15.6. The maximum atomic E-state index is 13.6. The van der Waals surface area contributed by atoms with Crippen LogP contribution in [0.4, 0.5) is 4.39 Å². The number of nitrogens with one attached hydrogen (secondary N) is 1. The van der Waals surface area contributed by atoms with Crippen molar-refractivity contribution in [1.82, 2.24) is 5.32 Å². The first-order valence-electron chi connectivity index (χ1n) is 8.20. The van der Waals surface area contributed by atoms with Gasteiger partial charge in [0.15, 0.2) is 11.6 Å². The Morgan fingerprint density at radius 2 is 1.88 bits per heavy atom. The van der Waals surface area contributed by atoms with Crippen molar-refractivity contribution < 1.29 is 23.2 Å². The minimum Gasteiger partial charge on any atom is -0.494 e. The van der Waals surface area contributed by atoms with Crippen LogP contribution in [0.25, 0.3) is 6.08 Å². The van der Waals surface area contributed by atoms with Crippen LogP contribution in [0.1, 0.15) is 40.2 Å². The molecule has 136 valence electrons. The van der Waals surface area contributed by atoms with Crippen LogP contribution in [0.3, 0.4) is 0 Å². The van der Waals surface area contributed by atoms with Gasteiger partial charge in [-0.05, 0) is 50.9 Å². The van der Waals surface area contributed by atoms with Gasteiger partial charge in [0.25, 0.3) is 0 Å². The molecule has 0 spiro atoms. The molecule has 5 nitrogen and oxygen atoms in total. The quantitative estimate of drug-likeness (QED) is 0.831. The van der Waals surface area contributed by atoms with Gasteiger partial charge in [-0.1, -0.05) is 12.1 Å². The third-order valence-corrected chi connectivity index (χ3v) is 4.62. The molecular formula is C18H25BFNO4. The van der Waals surface area contributed by atoms with E-state index in [4.69, 9.17) is 14.0 Å². The van der Waals surface area contributed by atoms with Gasteiger partial charge < -0.3 is 19.4 Å². The average Bonchev–Trinajstić information content (AvgIpc) is 2.73. The number of benzene rings is 1. The lowest BCUT2D eigenvalue weighted by molar-refractivity contribution is -0.118. The molecule has 0 aromatic heterocycles. The van der Waals surface area contributed by atoms with Crippen molar-refractivity contribution in [2.24, 2.45) is 0 Å². The molecule has 1 saturated heterocycles. The molecule has 25 heavy (non-hydrogen) atoms. The van der Waals surface area contributed by atoms with Gasteiger partial charge in [-0.2, -0.15) is 0 Å². The zero-order valence-corrected chi connectivity index (χ0v) is 15.6. The van der Waals surface area contributed by atoms with E-state index >= 15 is 0 Å². The molecule has 0 unspecified atom stereocenters. The van der Waals surface area contributed by atoms with Gasteiger partial charge in [-0.15, -0.1) is 0 Å². The first-order valence-corrected chi connectivity index (χ1v) is 8.20. The molecule has 0 radical (unpaired) electrons. The molecule has 1 aliphatic heterocycles. The lowest BCUT2D eigenvalue weighted by Crippen LogP contribution is -2.41. The van der Waals surface area contributed by atoms with Crippen molar-refractivity contribution in [2.45, 2.75) is 45.8 Å². The Labute approximate surface area is 148 Å². The number of rotatable bonds is 5. The van der Waals surface area contributed by atoms with Crippen molar-refractivity contribution in [2.75, 3.05) is 13.7 Å². The second kappa shape index (κ2) is 7.18. The Morgan fingerprint density at radius 3 is 2.40 bits per heavy atom. The lowest BCUT2D eigenvalue weighted by atomic mass is 9.77. The van der Waals surface area contributed by atoms with Gasteiger partial charge >= 0.3 is 7.12 Å². The first kappa shape index (κ1) is 19.5. The van der Waals surface area contributed by atoms with E-state index < -0.39 is 24.1 Å². The summed E-state index contributed by atoms with van der Waals surface area (Å²) < 4.78 is 30.8. The van der Waals surface area contributed by atoms with Crippen LogP contribution >= 0.6 is 0 Å². The molecule has 2 rings (SSSR count). The van der Waals surface area contributed by atoms with E-state index in [9.17, 15) is 9.18 Å². The highest BCUT2D eigenvalue weighted by molar-refractivity contribution is 6.56. The van der Waals surface area contributed by atoms with Gasteiger partial charge in [-0.3, -0.25) is 4.79 Å². The third kappa shape index (κ3) is 4.41. The molecule has 0 saturated carbocycles. The molecule has 1 aliphatic rings. The van der Waals surface area contributed by atoms with E-state index in [-0.39, 0.29) is 18.2 Å². The standard InChI is InChI=1S/C18H25BFNO4/c1-12(22)21-11-14(19-24-17(2,3)18(4,5)25-19)9-13-7-8-15(20)16(10-13)23-6/h7-10H,11H2,1-6H3,(H,21,22). The Balaban J connectivity index is 2.35. The largest absolute Gasteiger partial charge is 0.494 e. The molecule has 0 bridgehead atoms. The molecule has 1 fully saturated rings. The number of hydrogen-bond acceptors (Lipinski definition) is 4. The molecule has 1 aromatic carbocycles. The molecule has 1 amide bonds. The molecule has 0 atom stereocenters. The summed E-state index contributed by atoms with van der Waals surface area (Å²) in [5, 5.41) is 2.76. The average molecular weight is 349 g/mol. The highest BCUT2D eigenvalue weighted by Gasteiger charge is 2.52. The van der Waals surface area contributed by atoms with E-state index in [1.807, 2.05) is 33.8 Å². The number of methoxy groups -OCH3 is 1. The van der Waals surface area contributed by atoms with Crippen molar-refractivity contribution in [3.63, 3.8) is 0 Å². The number of halogens is 1. The highest BCUT2D eigenvalue weighted by Crippen LogP contribution is 2.38. The number of amides is 1. The molecular weight excluding hydrogens is 324 g/mol. The van der Waals surface area contributed by atoms with E-state index in [2.05, 4.69) is 5.32 Å². The summed E-state index contributed by atoms with van der Waals surface area (Å²) in [4.78, 5) is 11.3. The maximum Gasteiger partial charge on any atom is 0.492 e. The Morgan fingerprint density at radius 1 is 1.28 bits per heavy atom. The predicted molar refractivity (Wildman–Crippen MR) is 95.7 cm³/mol. The smallest absolute Gasteiger partial charge is 0.492 e. The fourth-order valence-electron chi connectivity index (χ4n) is 2.40. The van der Waals surface area contributed by atoms with Crippen LogP contribution in [-0.4, -0.2) is 37.9 Å². The summed E-state index contributed by atoms with van der Waals surface area (Å²) in [5.74, 6) is -0.431. The van der Waals surface area contributed by atoms with Gasteiger partial charge in [0, 0.05) is 13.5 Å². The van der Waals surface area contributed by atoms with Crippen LogP contribution < -0.4 is 10.1 Å². The second-order valence-corrected chi connectivity index (χ2v) is 7.11.